The number of aromatic nitrogens is 1. The molecule has 0 aliphatic carbocycles. The van der Waals surface area contributed by atoms with E-state index in [0.717, 1.165) is 26.7 Å². The Labute approximate surface area is 175 Å². The third kappa shape index (κ3) is 4.39. The molecule has 0 spiro atoms. The van der Waals surface area contributed by atoms with Gasteiger partial charge in [0.15, 0.2) is 5.13 Å². The Kier molecular flexibility index (Phi) is 5.88. The van der Waals surface area contributed by atoms with Gasteiger partial charge in [0.2, 0.25) is 10.0 Å². The van der Waals surface area contributed by atoms with Crippen LogP contribution < -0.4 is 5.32 Å². The molecule has 1 heterocycles. The molecule has 0 fully saturated rings. The Morgan fingerprint density at radius 3 is 2.34 bits per heavy atom. The van der Waals surface area contributed by atoms with Crippen LogP contribution in [0.15, 0.2) is 46.7 Å². The van der Waals surface area contributed by atoms with E-state index in [2.05, 4.69) is 29.4 Å². The van der Waals surface area contributed by atoms with E-state index in [1.165, 1.54) is 43.1 Å². The highest BCUT2D eigenvalue weighted by Gasteiger charge is 2.19. The number of sulfonamides is 1. The number of nitrogens with zero attached hydrogens (tertiary/aromatic N) is 2. The van der Waals surface area contributed by atoms with Gasteiger partial charge in [0.25, 0.3) is 5.91 Å². The number of rotatable bonds is 5. The summed E-state index contributed by atoms with van der Waals surface area (Å²) < 4.78 is 25.7. The summed E-state index contributed by atoms with van der Waals surface area (Å²) in [6.07, 6.45) is 0. The van der Waals surface area contributed by atoms with Crippen molar-refractivity contribution in [3.05, 3.63) is 64.0 Å². The molecule has 0 saturated heterocycles. The zero-order valence-electron chi connectivity index (χ0n) is 17.0. The fraction of sp³-hybridized carbons (Fsp3) is 0.238. The van der Waals surface area contributed by atoms with Crippen molar-refractivity contribution in [3.8, 4) is 11.3 Å². The van der Waals surface area contributed by atoms with E-state index in [1.54, 1.807) is 12.1 Å². The molecule has 152 valence electrons. The summed E-state index contributed by atoms with van der Waals surface area (Å²) in [4.78, 5) is 17.3. The van der Waals surface area contributed by atoms with Gasteiger partial charge in [0, 0.05) is 30.6 Å². The lowest BCUT2D eigenvalue weighted by molar-refractivity contribution is 0.102. The van der Waals surface area contributed by atoms with E-state index in [4.69, 9.17) is 0 Å². The molecule has 8 heteroatoms. The molecule has 0 bridgehead atoms. The Morgan fingerprint density at radius 1 is 1.07 bits per heavy atom. The zero-order valence-corrected chi connectivity index (χ0v) is 18.6. The zero-order chi connectivity index (χ0) is 21.3. The summed E-state index contributed by atoms with van der Waals surface area (Å²) in [5, 5.41) is 5.14. The molecule has 0 aliphatic rings. The van der Waals surface area contributed by atoms with Gasteiger partial charge in [-0.25, -0.2) is 17.7 Å². The van der Waals surface area contributed by atoms with Crippen LogP contribution in [0.25, 0.3) is 11.3 Å². The topological polar surface area (TPSA) is 79.4 Å². The maximum atomic E-state index is 12.6. The van der Waals surface area contributed by atoms with Crippen LogP contribution in [-0.4, -0.2) is 37.7 Å². The van der Waals surface area contributed by atoms with Crippen LogP contribution in [-0.2, 0) is 10.0 Å². The molecule has 6 nitrogen and oxygen atoms in total. The Bertz CT molecular complexity index is 1160. The minimum absolute atomic E-state index is 0.0703. The second-order valence-corrected chi connectivity index (χ2v) is 10.1. The molecule has 1 amide bonds. The molecule has 0 unspecified atom stereocenters. The minimum atomic E-state index is -3.61. The van der Waals surface area contributed by atoms with E-state index in [0.29, 0.717) is 5.13 Å². The van der Waals surface area contributed by atoms with Crippen molar-refractivity contribution < 1.29 is 13.2 Å². The first kappa shape index (κ1) is 21.2. The summed E-state index contributed by atoms with van der Waals surface area (Å²) >= 11 is 1.33. The molecule has 3 rings (SSSR count). The van der Waals surface area contributed by atoms with E-state index < -0.39 is 15.9 Å². The van der Waals surface area contributed by atoms with Crippen molar-refractivity contribution in [3.63, 3.8) is 0 Å². The van der Waals surface area contributed by atoms with Crippen LogP contribution in [0.3, 0.4) is 0 Å². The van der Waals surface area contributed by atoms with Crippen LogP contribution in [0.5, 0.6) is 0 Å². The van der Waals surface area contributed by atoms with Gasteiger partial charge in [-0.15, -0.1) is 11.3 Å². The average molecular weight is 430 g/mol. The maximum Gasteiger partial charge on any atom is 0.257 e. The largest absolute Gasteiger partial charge is 0.298 e. The lowest BCUT2D eigenvalue weighted by atomic mass is 9.98. The normalized spacial score (nSPS) is 11.7. The summed E-state index contributed by atoms with van der Waals surface area (Å²) in [6, 6.07) is 10.2. The fourth-order valence-electron chi connectivity index (χ4n) is 3.21. The number of aryl methyl sites for hydroxylation is 3. The van der Waals surface area contributed by atoms with Gasteiger partial charge in [-0.1, -0.05) is 23.8 Å². The van der Waals surface area contributed by atoms with Crippen LogP contribution >= 0.6 is 11.3 Å². The molecule has 0 atom stereocenters. The van der Waals surface area contributed by atoms with Gasteiger partial charge < -0.3 is 0 Å². The lowest BCUT2D eigenvalue weighted by Crippen LogP contribution is -2.22. The second kappa shape index (κ2) is 8.06. The SMILES string of the molecule is Cc1cc(C)c(-c2csc(NC(=O)c3cccc(S(=O)(=O)N(C)C)c3)n2)c(C)c1. The Morgan fingerprint density at radius 2 is 1.72 bits per heavy atom. The van der Waals surface area contributed by atoms with Gasteiger partial charge >= 0.3 is 0 Å². The van der Waals surface area contributed by atoms with Crippen LogP contribution in [0, 0.1) is 20.8 Å². The molecule has 29 heavy (non-hydrogen) atoms. The van der Waals surface area contributed by atoms with Gasteiger partial charge in [-0.05, 0) is 50.1 Å². The van der Waals surface area contributed by atoms with Crippen molar-refractivity contribution in [2.75, 3.05) is 19.4 Å². The summed E-state index contributed by atoms with van der Waals surface area (Å²) in [7, 11) is -0.705. The predicted octanol–water partition coefficient (Wildman–Crippen LogP) is 4.24. The average Bonchev–Trinajstić information content (AvgIpc) is 3.08. The molecule has 0 aliphatic heterocycles. The number of amides is 1. The van der Waals surface area contributed by atoms with Crippen LogP contribution in [0.1, 0.15) is 27.0 Å². The lowest BCUT2D eigenvalue weighted by Gasteiger charge is -2.12. The summed E-state index contributed by atoms with van der Waals surface area (Å²) in [5.74, 6) is -0.404. The number of hydrogen-bond donors (Lipinski definition) is 1. The molecule has 3 aromatic rings. The summed E-state index contributed by atoms with van der Waals surface area (Å²) in [6.45, 7) is 6.15. The highest BCUT2D eigenvalue weighted by Crippen LogP contribution is 2.31. The standard InChI is InChI=1S/C21H23N3O3S2/c1-13-9-14(2)19(15(3)10-13)18-12-28-21(22-18)23-20(25)16-7-6-8-17(11-16)29(26,27)24(4)5/h6-12H,1-5H3,(H,22,23,25). The first-order chi connectivity index (χ1) is 13.6. The molecule has 1 N–H and O–H groups in total. The smallest absolute Gasteiger partial charge is 0.257 e. The third-order valence-electron chi connectivity index (χ3n) is 4.53. The van der Waals surface area contributed by atoms with E-state index in [1.807, 2.05) is 19.2 Å². The first-order valence-electron chi connectivity index (χ1n) is 8.97. The van der Waals surface area contributed by atoms with Crippen LogP contribution in [0.2, 0.25) is 0 Å². The molecule has 2 aromatic carbocycles. The highest BCUT2D eigenvalue weighted by atomic mass is 32.2. The minimum Gasteiger partial charge on any atom is -0.298 e. The molecule has 0 saturated carbocycles. The number of nitrogens with one attached hydrogen (secondary N) is 1. The Hall–Kier alpha value is -2.55. The van der Waals surface area contributed by atoms with E-state index in [9.17, 15) is 13.2 Å². The third-order valence-corrected chi connectivity index (χ3v) is 7.10. The molecular formula is C21H23N3O3S2. The van der Waals surface area contributed by atoms with Crippen molar-refractivity contribution in [2.24, 2.45) is 0 Å². The molecule has 0 radical (unpaired) electrons. The van der Waals surface area contributed by atoms with E-state index in [-0.39, 0.29) is 10.5 Å². The van der Waals surface area contributed by atoms with E-state index >= 15 is 0 Å². The van der Waals surface area contributed by atoms with Crippen molar-refractivity contribution in [2.45, 2.75) is 25.7 Å². The number of carbonyl (C=O) groups is 1. The van der Waals surface area contributed by atoms with Crippen molar-refractivity contribution >= 4 is 32.4 Å². The monoisotopic (exact) mass is 429 g/mol. The van der Waals surface area contributed by atoms with Gasteiger partial charge in [0.1, 0.15) is 0 Å². The maximum absolute atomic E-state index is 12.6. The first-order valence-corrected chi connectivity index (χ1v) is 11.3. The highest BCUT2D eigenvalue weighted by molar-refractivity contribution is 7.89. The fourth-order valence-corrected chi connectivity index (χ4v) is 4.85. The number of benzene rings is 2. The quantitative estimate of drug-likeness (QED) is 0.658. The van der Waals surface area contributed by atoms with Gasteiger partial charge in [-0.3, -0.25) is 10.1 Å². The Balaban J connectivity index is 1.85. The van der Waals surface area contributed by atoms with Gasteiger partial charge in [-0.2, -0.15) is 0 Å². The summed E-state index contributed by atoms with van der Waals surface area (Å²) in [5.41, 5.74) is 5.59. The molecular weight excluding hydrogens is 406 g/mol. The number of hydrogen-bond acceptors (Lipinski definition) is 5. The number of anilines is 1. The van der Waals surface area contributed by atoms with Crippen LogP contribution in [0.4, 0.5) is 5.13 Å². The number of thiazole rings is 1. The van der Waals surface area contributed by atoms with Crippen molar-refractivity contribution in [1.82, 2.24) is 9.29 Å². The van der Waals surface area contributed by atoms with Crippen molar-refractivity contribution in [1.29, 1.82) is 0 Å². The second-order valence-electron chi connectivity index (χ2n) is 7.08. The number of carbonyl (C=O) groups excluding carboxylic acids is 1. The molecule has 1 aromatic heterocycles. The van der Waals surface area contributed by atoms with Gasteiger partial charge in [0.05, 0.1) is 10.6 Å². The predicted molar refractivity (Wildman–Crippen MR) is 117 cm³/mol.